The first-order valence-corrected chi connectivity index (χ1v) is 15.7. The Morgan fingerprint density at radius 2 is 2.02 bits per heavy atom. The molecule has 2 saturated heterocycles. The lowest BCUT2D eigenvalue weighted by molar-refractivity contribution is -0.147. The number of fused-ring (bicyclic) bond motifs is 1. The van der Waals surface area contributed by atoms with E-state index in [0.717, 1.165) is 0 Å². The highest BCUT2D eigenvalue weighted by Crippen LogP contribution is 2.36. The lowest BCUT2D eigenvalue weighted by atomic mass is 9.92. The molecule has 0 saturated carbocycles. The molecule has 0 bridgehead atoms. The lowest BCUT2D eigenvalue weighted by Crippen LogP contribution is -2.54. The summed E-state index contributed by atoms with van der Waals surface area (Å²) in [5.74, 6) is -1.23. The number of carboxylic acids is 1. The summed E-state index contributed by atoms with van der Waals surface area (Å²) in [5.41, 5.74) is 0.813. The summed E-state index contributed by atoms with van der Waals surface area (Å²) < 4.78 is 20.3. The Kier molecular flexibility index (Phi) is 9.35. The van der Waals surface area contributed by atoms with Gasteiger partial charge in [0.25, 0.3) is 0 Å². The van der Waals surface area contributed by atoms with E-state index in [4.69, 9.17) is 9.73 Å². The van der Waals surface area contributed by atoms with E-state index in [1.54, 1.807) is 46.0 Å². The molecule has 0 aliphatic carbocycles. The summed E-state index contributed by atoms with van der Waals surface area (Å²) in [5, 5.41) is 15.6. The number of thiazole rings is 1. The maximum atomic E-state index is 14.8. The van der Waals surface area contributed by atoms with Gasteiger partial charge in [-0.15, -0.1) is 11.3 Å². The van der Waals surface area contributed by atoms with Crippen LogP contribution < -0.4 is 5.32 Å². The molecule has 1 unspecified atom stereocenters. The predicted octanol–water partition coefficient (Wildman–Crippen LogP) is 2.81. The summed E-state index contributed by atoms with van der Waals surface area (Å²) in [6.45, 7) is 11.0. The van der Waals surface area contributed by atoms with Gasteiger partial charge in [0.1, 0.15) is 11.9 Å². The molecule has 240 valence electrons. The van der Waals surface area contributed by atoms with Gasteiger partial charge in [-0.05, 0) is 44.9 Å². The van der Waals surface area contributed by atoms with Gasteiger partial charge in [-0.3, -0.25) is 19.5 Å². The number of aliphatic carboxylic acids is 1. The predicted molar refractivity (Wildman–Crippen MR) is 167 cm³/mol. The number of hydrogen-bond donors (Lipinski definition) is 2. The second-order valence-corrected chi connectivity index (χ2v) is 12.9. The number of rotatable bonds is 9. The Morgan fingerprint density at radius 3 is 2.69 bits per heavy atom. The molecule has 5 rings (SSSR count). The number of amides is 1. The van der Waals surface area contributed by atoms with E-state index < -0.39 is 29.2 Å². The molecule has 4 heterocycles. The summed E-state index contributed by atoms with van der Waals surface area (Å²) in [7, 11) is 0. The number of esters is 1. The van der Waals surface area contributed by atoms with Crippen molar-refractivity contribution in [2.45, 2.75) is 46.7 Å². The van der Waals surface area contributed by atoms with Gasteiger partial charge >= 0.3 is 11.9 Å². The molecule has 1 aromatic carbocycles. The highest BCUT2D eigenvalue weighted by Gasteiger charge is 2.43. The van der Waals surface area contributed by atoms with Crippen LogP contribution in [0.2, 0.25) is 0 Å². The molecule has 12 nitrogen and oxygen atoms in total. The molecule has 45 heavy (non-hydrogen) atoms. The number of aromatic nitrogens is 1. The third-order valence-electron chi connectivity index (χ3n) is 8.20. The number of nitrogens with one attached hydrogen (secondary N) is 1. The van der Waals surface area contributed by atoms with Crippen molar-refractivity contribution in [2.24, 2.45) is 15.4 Å². The van der Waals surface area contributed by atoms with Gasteiger partial charge in [-0.25, -0.2) is 14.2 Å². The third kappa shape index (κ3) is 6.76. The molecule has 3 aliphatic heterocycles. The van der Waals surface area contributed by atoms with Crippen LogP contribution in [-0.2, 0) is 19.1 Å². The van der Waals surface area contributed by atoms with E-state index in [0.29, 0.717) is 71.9 Å². The van der Waals surface area contributed by atoms with Gasteiger partial charge in [0, 0.05) is 63.5 Å². The maximum absolute atomic E-state index is 14.8. The zero-order valence-electron chi connectivity index (χ0n) is 26.0. The maximum Gasteiger partial charge on any atom is 0.338 e. The van der Waals surface area contributed by atoms with E-state index in [1.807, 2.05) is 10.3 Å². The molecule has 2 fully saturated rings. The number of piperazine rings is 1. The summed E-state index contributed by atoms with van der Waals surface area (Å²) in [6.07, 6.45) is 1.67. The van der Waals surface area contributed by atoms with Gasteiger partial charge < -0.3 is 25.0 Å². The van der Waals surface area contributed by atoms with Crippen molar-refractivity contribution in [1.29, 1.82) is 0 Å². The van der Waals surface area contributed by atoms with Gasteiger partial charge in [-0.2, -0.15) is 4.99 Å². The van der Waals surface area contributed by atoms with E-state index in [1.165, 1.54) is 24.3 Å². The monoisotopic (exact) mass is 639 g/mol. The fraction of sp³-hybridized carbons (Fsp3) is 0.484. The van der Waals surface area contributed by atoms with Crippen molar-refractivity contribution < 1.29 is 28.6 Å². The Hall–Kier alpha value is -4.17. The van der Waals surface area contributed by atoms with Crippen LogP contribution in [0.1, 0.15) is 49.9 Å². The molecular formula is C31H38FN7O5S. The molecule has 2 N–H and O–H groups in total. The van der Waals surface area contributed by atoms with Crippen LogP contribution in [0.15, 0.2) is 51.0 Å². The smallest absolute Gasteiger partial charge is 0.338 e. The highest BCUT2D eigenvalue weighted by molar-refractivity contribution is 7.11. The normalized spacial score (nSPS) is 21.5. The van der Waals surface area contributed by atoms with Crippen molar-refractivity contribution in [2.75, 3.05) is 45.9 Å². The van der Waals surface area contributed by atoms with Crippen molar-refractivity contribution in [3.8, 4) is 0 Å². The number of ether oxygens (including phenoxy) is 1. The van der Waals surface area contributed by atoms with Crippen LogP contribution >= 0.6 is 11.3 Å². The number of aliphatic imine (C=N–C) groups is 2. The molecule has 1 aromatic heterocycles. The number of amidine groups is 1. The molecule has 14 heteroatoms. The number of hydrogen-bond acceptors (Lipinski definition) is 9. The molecule has 3 aliphatic rings. The second kappa shape index (κ2) is 13.1. The summed E-state index contributed by atoms with van der Waals surface area (Å²) in [4.78, 5) is 57.2. The van der Waals surface area contributed by atoms with E-state index in [9.17, 15) is 23.9 Å². The number of guanidine groups is 1. The Balaban J connectivity index is 1.48. The number of benzene rings is 1. The minimum Gasteiger partial charge on any atom is -0.481 e. The Bertz CT molecular complexity index is 1570. The minimum atomic E-state index is -1.05. The van der Waals surface area contributed by atoms with Gasteiger partial charge in [0.15, 0.2) is 10.8 Å². The topological polar surface area (TPSA) is 140 Å². The fourth-order valence-corrected chi connectivity index (χ4v) is 6.53. The Labute approximate surface area is 265 Å². The fourth-order valence-electron chi connectivity index (χ4n) is 5.94. The van der Waals surface area contributed by atoms with Crippen LogP contribution in [0.3, 0.4) is 0 Å². The summed E-state index contributed by atoms with van der Waals surface area (Å²) in [6, 6.07) is 3.88. The van der Waals surface area contributed by atoms with Crippen molar-refractivity contribution in [3.63, 3.8) is 0 Å². The standard InChI is InChI=1S/C31H38FN7O5S/c1-6-44-28(41)24-23(35-26(27-33-10-13-45-27)36-25(24)21-8-7-9-22(32)18(21)2)16-37-11-12-39-20(14-37)15-38(30(39)34-19(3)40)17-31(4,5)29(42)43/h7-10,13,20,25H,6,11-12,14-17H2,1-5H3,(H,35,36)(H,42,43)/t20-,25?/m0/s1. The van der Waals surface area contributed by atoms with Crippen LogP contribution in [0.4, 0.5) is 4.39 Å². The lowest BCUT2D eigenvalue weighted by Gasteiger charge is -2.39. The van der Waals surface area contributed by atoms with Gasteiger partial charge in [-0.1, -0.05) is 12.1 Å². The zero-order chi connectivity index (χ0) is 32.5. The molecule has 0 radical (unpaired) electrons. The molecule has 2 atom stereocenters. The first-order valence-electron chi connectivity index (χ1n) is 14.9. The highest BCUT2D eigenvalue weighted by atomic mass is 32.1. The summed E-state index contributed by atoms with van der Waals surface area (Å²) >= 11 is 1.40. The molecule has 0 spiro atoms. The van der Waals surface area contributed by atoms with Crippen LogP contribution in [0.25, 0.3) is 0 Å². The van der Waals surface area contributed by atoms with Crippen molar-refractivity contribution in [3.05, 3.63) is 63.0 Å². The average Bonchev–Trinajstić information content (AvgIpc) is 3.62. The number of halogens is 1. The van der Waals surface area contributed by atoms with Gasteiger partial charge in [0.05, 0.1) is 23.6 Å². The molecular weight excluding hydrogens is 601 g/mol. The SMILES string of the molecule is CCOC(=O)C1=C(CN2CCN3C(=NC(C)=O)N(CC(C)(C)C(=O)O)C[C@@H]3C2)NC(c2nccs2)=NC1c1cccc(F)c1C. The first-order chi connectivity index (χ1) is 21.4. The van der Waals surface area contributed by atoms with E-state index in [2.05, 4.69) is 25.1 Å². The second-order valence-electron chi connectivity index (χ2n) is 12.0. The van der Waals surface area contributed by atoms with Crippen molar-refractivity contribution in [1.82, 2.24) is 25.0 Å². The number of carboxylic acid groups (broad SMARTS) is 1. The van der Waals surface area contributed by atoms with E-state index >= 15 is 0 Å². The minimum absolute atomic E-state index is 0.0648. The van der Waals surface area contributed by atoms with Crippen molar-refractivity contribution >= 4 is 41.0 Å². The largest absolute Gasteiger partial charge is 0.481 e. The first kappa shape index (κ1) is 32.2. The van der Waals surface area contributed by atoms with Crippen LogP contribution in [0.5, 0.6) is 0 Å². The van der Waals surface area contributed by atoms with Gasteiger partial charge in [0.2, 0.25) is 11.9 Å². The Morgan fingerprint density at radius 1 is 1.24 bits per heavy atom. The quantitative estimate of drug-likeness (QED) is 0.394. The van der Waals surface area contributed by atoms with Crippen LogP contribution in [-0.4, -0.2) is 106 Å². The van der Waals surface area contributed by atoms with Crippen LogP contribution in [0, 0.1) is 18.2 Å². The molecule has 1 amide bonds. The third-order valence-corrected chi connectivity index (χ3v) is 8.98. The number of nitrogens with zero attached hydrogens (tertiary/aromatic N) is 6. The molecule has 2 aromatic rings. The van der Waals surface area contributed by atoms with E-state index in [-0.39, 0.29) is 25.1 Å². The number of carbonyl (C=O) groups is 3. The zero-order valence-corrected chi connectivity index (χ0v) is 26.9. The average molecular weight is 640 g/mol. The number of carbonyl (C=O) groups excluding carboxylic acids is 2.